The second kappa shape index (κ2) is 8.57. The highest BCUT2D eigenvalue weighted by molar-refractivity contribution is 6.20. The number of carbonyl (C=O) groups is 4. The molecule has 0 N–H and O–H groups in total. The molecule has 0 unspecified atom stereocenters. The maximum absolute atomic E-state index is 13.6. The Labute approximate surface area is 179 Å². The molecule has 2 heterocycles. The molecule has 32 heavy (non-hydrogen) atoms. The highest BCUT2D eigenvalue weighted by Gasteiger charge is 2.43. The number of nitrogens with zero attached hydrogens (tertiary/aromatic N) is 4. The summed E-state index contributed by atoms with van der Waals surface area (Å²) in [7, 11) is 0. The highest BCUT2D eigenvalue weighted by Crippen LogP contribution is 2.32. The van der Waals surface area contributed by atoms with Crippen LogP contribution in [0, 0.1) is 0 Å². The fourth-order valence-corrected chi connectivity index (χ4v) is 2.79. The molecule has 166 valence electrons. The molecule has 0 fully saturated rings. The van der Waals surface area contributed by atoms with E-state index in [4.69, 9.17) is 0 Å². The maximum atomic E-state index is 13.6. The molecule has 1 aliphatic heterocycles. The molecule has 0 aliphatic carbocycles. The first-order valence-corrected chi connectivity index (χ1v) is 9.13. The van der Waals surface area contributed by atoms with Crippen molar-refractivity contribution in [2.24, 2.45) is 0 Å². The Bertz CT molecular complexity index is 1130. The third-order valence-electron chi connectivity index (χ3n) is 4.22. The lowest BCUT2D eigenvalue weighted by atomic mass is 10.2. The largest absolute Gasteiger partial charge is 0.462 e. The molecule has 3 rings (SSSR count). The number of hydrogen-bond donors (Lipinski definition) is 0. The monoisotopic (exact) mass is 448 g/mol. The van der Waals surface area contributed by atoms with Gasteiger partial charge >= 0.3 is 12.1 Å². The quantitative estimate of drug-likeness (QED) is 0.511. The van der Waals surface area contributed by atoms with Gasteiger partial charge in [0.2, 0.25) is 0 Å². The van der Waals surface area contributed by atoms with Gasteiger partial charge in [-0.1, -0.05) is 18.2 Å². The zero-order chi connectivity index (χ0) is 23.6. The van der Waals surface area contributed by atoms with Gasteiger partial charge in [0.25, 0.3) is 23.7 Å². The van der Waals surface area contributed by atoms with E-state index in [0.29, 0.717) is 16.2 Å². The van der Waals surface area contributed by atoms with Crippen LogP contribution in [0.2, 0.25) is 0 Å². The number of halogens is 3. The Morgan fingerprint density at radius 2 is 1.81 bits per heavy atom. The molecule has 1 aliphatic rings. The van der Waals surface area contributed by atoms with Crippen LogP contribution in [0.1, 0.15) is 40.3 Å². The summed E-state index contributed by atoms with van der Waals surface area (Å²) in [6, 6.07) is 7.21. The molecule has 9 nitrogen and oxygen atoms in total. The fraction of sp³-hybridized carbons (Fsp3) is 0.200. The Hall–Kier alpha value is -4.09. The fourth-order valence-electron chi connectivity index (χ4n) is 2.79. The average molecular weight is 448 g/mol. The van der Waals surface area contributed by atoms with Crippen molar-refractivity contribution in [3.63, 3.8) is 0 Å². The van der Waals surface area contributed by atoms with Crippen molar-refractivity contribution >= 4 is 29.6 Å². The molecule has 0 saturated heterocycles. The maximum Gasteiger partial charge on any atom is 0.434 e. The van der Waals surface area contributed by atoms with Crippen LogP contribution in [0.25, 0.3) is 0 Å². The van der Waals surface area contributed by atoms with Gasteiger partial charge in [-0.3, -0.25) is 14.4 Å². The SMILES string of the molecule is CCOC(=O)c1cnc(N(C(=O)c2ccccc2)N2C(=O)C=C(C)C2=O)nc1C(F)(F)F. The first-order valence-electron chi connectivity index (χ1n) is 9.13. The van der Waals surface area contributed by atoms with Gasteiger partial charge in [-0.25, -0.2) is 14.8 Å². The number of benzene rings is 1. The number of hydrogen-bond acceptors (Lipinski definition) is 7. The van der Waals surface area contributed by atoms with Gasteiger partial charge in [0, 0.05) is 23.4 Å². The van der Waals surface area contributed by atoms with Gasteiger partial charge in [-0.15, -0.1) is 0 Å². The Balaban J connectivity index is 2.19. The summed E-state index contributed by atoms with van der Waals surface area (Å²) < 4.78 is 45.6. The molecule has 0 radical (unpaired) electrons. The van der Waals surface area contributed by atoms with Crippen molar-refractivity contribution in [1.29, 1.82) is 0 Å². The first kappa shape index (κ1) is 22.6. The number of hydrazine groups is 1. The van der Waals surface area contributed by atoms with Crippen molar-refractivity contribution in [3.8, 4) is 0 Å². The Kier molecular flexibility index (Phi) is 6.05. The van der Waals surface area contributed by atoms with Crippen LogP contribution < -0.4 is 5.01 Å². The van der Waals surface area contributed by atoms with E-state index in [9.17, 15) is 32.3 Å². The van der Waals surface area contributed by atoms with Crippen LogP contribution in [-0.2, 0) is 20.5 Å². The van der Waals surface area contributed by atoms with Gasteiger partial charge in [0.05, 0.1) is 6.61 Å². The topological polar surface area (TPSA) is 110 Å². The molecular formula is C20H15F3N4O5. The number of ether oxygens (including phenoxy) is 1. The smallest absolute Gasteiger partial charge is 0.434 e. The number of carbonyl (C=O) groups excluding carboxylic acids is 4. The van der Waals surface area contributed by atoms with Crippen molar-refractivity contribution in [2.45, 2.75) is 20.0 Å². The first-order chi connectivity index (χ1) is 15.1. The zero-order valence-corrected chi connectivity index (χ0v) is 16.7. The van der Waals surface area contributed by atoms with Crippen molar-refractivity contribution in [1.82, 2.24) is 15.0 Å². The summed E-state index contributed by atoms with van der Waals surface area (Å²) in [5.74, 6) is -5.19. The molecule has 0 atom stereocenters. The lowest BCUT2D eigenvalue weighted by Crippen LogP contribution is -2.51. The van der Waals surface area contributed by atoms with Gasteiger partial charge in [-0.05, 0) is 26.0 Å². The highest BCUT2D eigenvalue weighted by atomic mass is 19.4. The molecule has 1 aromatic heterocycles. The third-order valence-corrected chi connectivity index (χ3v) is 4.22. The number of rotatable bonds is 5. The average Bonchev–Trinajstić information content (AvgIpc) is 3.00. The molecule has 0 bridgehead atoms. The number of esters is 1. The number of imide groups is 1. The number of aromatic nitrogens is 2. The van der Waals surface area contributed by atoms with Crippen LogP contribution >= 0.6 is 0 Å². The summed E-state index contributed by atoms with van der Waals surface area (Å²) in [5.41, 5.74) is -2.76. The second-order valence-electron chi connectivity index (χ2n) is 6.42. The lowest BCUT2D eigenvalue weighted by Gasteiger charge is -2.28. The molecule has 1 aromatic carbocycles. The summed E-state index contributed by atoms with van der Waals surface area (Å²) in [5, 5.41) is 0.682. The van der Waals surface area contributed by atoms with E-state index in [-0.39, 0.29) is 17.7 Å². The minimum absolute atomic E-state index is 0.0416. The lowest BCUT2D eigenvalue weighted by molar-refractivity contribution is -0.141. The molecular weight excluding hydrogens is 433 g/mol. The molecule has 2 aromatic rings. The summed E-state index contributed by atoms with van der Waals surface area (Å²) in [4.78, 5) is 56.9. The number of alkyl halides is 3. The van der Waals surface area contributed by atoms with Crippen LogP contribution in [-0.4, -0.2) is 45.3 Å². The predicted octanol–water partition coefficient (Wildman–Crippen LogP) is 2.55. The Morgan fingerprint density at radius 3 is 2.34 bits per heavy atom. The summed E-state index contributed by atoms with van der Waals surface area (Å²) in [6.45, 7) is 2.51. The minimum atomic E-state index is -5.13. The van der Waals surface area contributed by atoms with Crippen LogP contribution in [0.4, 0.5) is 19.1 Å². The zero-order valence-electron chi connectivity index (χ0n) is 16.7. The number of amides is 3. The van der Waals surface area contributed by atoms with Gasteiger partial charge in [0.1, 0.15) is 5.56 Å². The van der Waals surface area contributed by atoms with Crippen molar-refractivity contribution in [3.05, 3.63) is 65.0 Å². The van der Waals surface area contributed by atoms with E-state index >= 15 is 0 Å². The van der Waals surface area contributed by atoms with Gasteiger partial charge in [0.15, 0.2) is 5.69 Å². The van der Waals surface area contributed by atoms with Crippen LogP contribution in [0.15, 0.2) is 48.2 Å². The molecule has 12 heteroatoms. The van der Waals surface area contributed by atoms with E-state index in [1.165, 1.54) is 38.1 Å². The van der Waals surface area contributed by atoms with Gasteiger partial charge in [-0.2, -0.15) is 23.2 Å². The summed E-state index contributed by atoms with van der Waals surface area (Å²) in [6.07, 6.45) is -3.68. The van der Waals surface area contributed by atoms with E-state index in [1.54, 1.807) is 6.07 Å². The molecule has 0 spiro atoms. The van der Waals surface area contributed by atoms with E-state index < -0.39 is 47.1 Å². The van der Waals surface area contributed by atoms with Crippen molar-refractivity contribution < 1.29 is 37.1 Å². The van der Waals surface area contributed by atoms with E-state index in [1.807, 2.05) is 0 Å². The number of anilines is 1. The van der Waals surface area contributed by atoms with E-state index in [2.05, 4.69) is 14.7 Å². The van der Waals surface area contributed by atoms with Crippen molar-refractivity contribution in [2.75, 3.05) is 11.6 Å². The molecule has 0 saturated carbocycles. The van der Waals surface area contributed by atoms with Gasteiger partial charge < -0.3 is 4.74 Å². The predicted molar refractivity (Wildman–Crippen MR) is 102 cm³/mol. The molecule has 3 amide bonds. The van der Waals surface area contributed by atoms with Crippen LogP contribution in [0.3, 0.4) is 0 Å². The minimum Gasteiger partial charge on any atom is -0.462 e. The third kappa shape index (κ3) is 4.19. The second-order valence-corrected chi connectivity index (χ2v) is 6.42. The Morgan fingerprint density at radius 1 is 1.16 bits per heavy atom. The normalized spacial score (nSPS) is 13.8. The standard InChI is InChI=1S/C20H15F3N4O5/c1-3-32-18(31)13-10-24-19(25-15(13)20(21,22)23)27(17(30)12-7-5-4-6-8-12)26-14(28)9-11(2)16(26)29/h4-10H,3H2,1-2H3. The van der Waals surface area contributed by atoms with Crippen LogP contribution in [0.5, 0.6) is 0 Å². The van der Waals surface area contributed by atoms with E-state index in [0.717, 1.165) is 6.08 Å². The summed E-state index contributed by atoms with van der Waals surface area (Å²) >= 11 is 0.